The molecule has 1 N–H and O–H groups in total. The molecular formula is C23H22N8O. The standard InChI is InChI=1S/C23H22N8O/c1-29-12-8-18(27-29)21-14-19(17-6-3-2-4-7-17)26-22-15-20(28-31(21)22)23(32)25-9-5-11-30-13-10-24-16-30/h2-4,6-8,10,12-16H,5,9,11H2,1H3,(H,25,32). The van der Waals surface area contributed by atoms with Gasteiger partial charge in [-0.2, -0.15) is 10.2 Å². The number of benzene rings is 1. The zero-order valence-electron chi connectivity index (χ0n) is 17.6. The van der Waals surface area contributed by atoms with Crippen molar-refractivity contribution in [3.8, 4) is 22.6 Å². The minimum Gasteiger partial charge on any atom is -0.351 e. The van der Waals surface area contributed by atoms with E-state index in [1.807, 2.05) is 66.5 Å². The van der Waals surface area contributed by atoms with Crippen LogP contribution in [0, 0.1) is 0 Å². The van der Waals surface area contributed by atoms with Crippen molar-refractivity contribution in [2.24, 2.45) is 7.05 Å². The first kappa shape index (κ1) is 19.7. The maximum absolute atomic E-state index is 12.7. The Morgan fingerprint density at radius 3 is 2.66 bits per heavy atom. The van der Waals surface area contributed by atoms with Crippen molar-refractivity contribution in [2.75, 3.05) is 6.54 Å². The molecule has 0 unspecified atom stereocenters. The topological polar surface area (TPSA) is 94.9 Å². The summed E-state index contributed by atoms with van der Waals surface area (Å²) in [5.41, 5.74) is 4.23. The summed E-state index contributed by atoms with van der Waals surface area (Å²) >= 11 is 0. The van der Waals surface area contributed by atoms with Crippen molar-refractivity contribution < 1.29 is 4.79 Å². The van der Waals surface area contributed by atoms with Gasteiger partial charge in [-0.3, -0.25) is 9.48 Å². The Balaban J connectivity index is 1.44. The highest BCUT2D eigenvalue weighted by Gasteiger charge is 2.17. The Hall–Kier alpha value is -4.27. The number of fused-ring (bicyclic) bond motifs is 1. The minimum absolute atomic E-state index is 0.227. The Kier molecular flexibility index (Phi) is 5.20. The first-order chi connectivity index (χ1) is 15.7. The molecule has 0 fully saturated rings. The van der Waals surface area contributed by atoms with Gasteiger partial charge in [-0.1, -0.05) is 30.3 Å². The lowest BCUT2D eigenvalue weighted by molar-refractivity contribution is 0.0947. The SMILES string of the molecule is Cn1ccc(-c2cc(-c3ccccc3)nc3cc(C(=O)NCCCn4ccnc4)nn23)n1. The van der Waals surface area contributed by atoms with E-state index in [0.29, 0.717) is 17.9 Å². The third-order valence-corrected chi connectivity index (χ3v) is 5.14. The van der Waals surface area contributed by atoms with Crippen LogP contribution in [0.4, 0.5) is 0 Å². The molecule has 1 amide bonds. The summed E-state index contributed by atoms with van der Waals surface area (Å²) < 4.78 is 5.39. The Morgan fingerprint density at radius 2 is 1.91 bits per heavy atom. The van der Waals surface area contributed by atoms with Crippen LogP contribution in [0.5, 0.6) is 0 Å². The Labute approximate surface area is 184 Å². The molecule has 0 saturated carbocycles. The molecule has 4 heterocycles. The molecule has 0 spiro atoms. The lowest BCUT2D eigenvalue weighted by Gasteiger charge is -2.06. The summed E-state index contributed by atoms with van der Waals surface area (Å²) in [5.74, 6) is -0.227. The molecule has 0 aliphatic heterocycles. The maximum Gasteiger partial charge on any atom is 0.271 e. The largest absolute Gasteiger partial charge is 0.351 e. The van der Waals surface area contributed by atoms with Crippen molar-refractivity contribution in [2.45, 2.75) is 13.0 Å². The fourth-order valence-corrected chi connectivity index (χ4v) is 3.55. The van der Waals surface area contributed by atoms with Gasteiger partial charge in [0.25, 0.3) is 5.91 Å². The molecule has 0 aliphatic rings. The number of imidazole rings is 1. The quantitative estimate of drug-likeness (QED) is 0.404. The zero-order valence-corrected chi connectivity index (χ0v) is 17.6. The van der Waals surface area contributed by atoms with Crippen LogP contribution < -0.4 is 5.32 Å². The molecule has 9 heteroatoms. The highest BCUT2D eigenvalue weighted by Crippen LogP contribution is 2.25. The van der Waals surface area contributed by atoms with E-state index in [2.05, 4.69) is 20.5 Å². The molecule has 0 bridgehead atoms. The van der Waals surface area contributed by atoms with E-state index in [1.165, 1.54) is 0 Å². The minimum atomic E-state index is -0.227. The summed E-state index contributed by atoms with van der Waals surface area (Å²) in [4.78, 5) is 21.5. The van der Waals surface area contributed by atoms with E-state index in [9.17, 15) is 4.79 Å². The second-order valence-corrected chi connectivity index (χ2v) is 7.48. The van der Waals surface area contributed by atoms with Gasteiger partial charge in [-0.25, -0.2) is 14.5 Å². The second kappa shape index (κ2) is 8.46. The molecule has 0 saturated heterocycles. The molecule has 1 aromatic carbocycles. The van der Waals surface area contributed by atoms with Gasteiger partial charge in [0.1, 0.15) is 5.69 Å². The highest BCUT2D eigenvalue weighted by molar-refractivity contribution is 5.93. The van der Waals surface area contributed by atoms with Crippen LogP contribution in [0.25, 0.3) is 28.3 Å². The number of hydrogen-bond acceptors (Lipinski definition) is 5. The zero-order chi connectivity index (χ0) is 21.9. The fraction of sp³-hybridized carbons (Fsp3) is 0.174. The van der Waals surface area contributed by atoms with Crippen molar-refractivity contribution >= 4 is 11.6 Å². The highest BCUT2D eigenvalue weighted by atomic mass is 16.1. The monoisotopic (exact) mass is 426 g/mol. The van der Waals surface area contributed by atoms with E-state index in [1.54, 1.807) is 27.8 Å². The van der Waals surface area contributed by atoms with Crippen LogP contribution in [-0.2, 0) is 13.6 Å². The lowest BCUT2D eigenvalue weighted by atomic mass is 10.1. The van der Waals surface area contributed by atoms with Gasteiger partial charge in [-0.05, 0) is 18.6 Å². The predicted octanol–water partition coefficient (Wildman–Crippen LogP) is 2.81. The molecule has 0 radical (unpaired) electrons. The summed E-state index contributed by atoms with van der Waals surface area (Å²) in [6.45, 7) is 1.33. The van der Waals surface area contributed by atoms with Crippen LogP contribution in [0.2, 0.25) is 0 Å². The number of nitrogens with one attached hydrogen (secondary N) is 1. The molecule has 9 nitrogen and oxygen atoms in total. The molecule has 0 aliphatic carbocycles. The van der Waals surface area contributed by atoms with E-state index in [0.717, 1.165) is 35.6 Å². The van der Waals surface area contributed by atoms with E-state index in [4.69, 9.17) is 4.98 Å². The summed E-state index contributed by atoms with van der Waals surface area (Å²) in [7, 11) is 1.87. The van der Waals surface area contributed by atoms with Gasteiger partial charge in [-0.15, -0.1) is 0 Å². The number of hydrogen-bond donors (Lipinski definition) is 1. The van der Waals surface area contributed by atoms with Crippen LogP contribution in [0.3, 0.4) is 0 Å². The maximum atomic E-state index is 12.7. The first-order valence-corrected chi connectivity index (χ1v) is 10.4. The van der Waals surface area contributed by atoms with Gasteiger partial charge in [0, 0.05) is 50.4 Å². The van der Waals surface area contributed by atoms with Crippen LogP contribution in [0.1, 0.15) is 16.9 Å². The number of carbonyl (C=O) groups is 1. The summed E-state index contributed by atoms with van der Waals surface area (Å²) in [5, 5.41) is 12.0. The summed E-state index contributed by atoms with van der Waals surface area (Å²) in [6.07, 6.45) is 8.08. The molecule has 4 aromatic heterocycles. The van der Waals surface area contributed by atoms with Crippen molar-refractivity contribution in [1.29, 1.82) is 0 Å². The van der Waals surface area contributed by atoms with Crippen molar-refractivity contribution in [3.63, 3.8) is 0 Å². The molecule has 0 atom stereocenters. The molecular weight excluding hydrogens is 404 g/mol. The van der Waals surface area contributed by atoms with Crippen molar-refractivity contribution in [3.05, 3.63) is 79.1 Å². The van der Waals surface area contributed by atoms with Crippen LogP contribution in [0.15, 0.2) is 73.4 Å². The van der Waals surface area contributed by atoms with Gasteiger partial charge in [0.05, 0.1) is 17.7 Å². The number of nitrogens with zero attached hydrogens (tertiary/aromatic N) is 7. The van der Waals surface area contributed by atoms with Crippen molar-refractivity contribution in [1.82, 2.24) is 39.2 Å². The molecule has 5 rings (SSSR count). The predicted molar refractivity (Wildman–Crippen MR) is 120 cm³/mol. The fourth-order valence-electron chi connectivity index (χ4n) is 3.55. The third-order valence-electron chi connectivity index (χ3n) is 5.14. The number of rotatable bonds is 7. The van der Waals surface area contributed by atoms with Crippen LogP contribution >= 0.6 is 0 Å². The van der Waals surface area contributed by atoms with Crippen LogP contribution in [-0.4, -0.2) is 46.4 Å². The first-order valence-electron chi connectivity index (χ1n) is 10.4. The van der Waals surface area contributed by atoms with E-state index < -0.39 is 0 Å². The van der Waals surface area contributed by atoms with E-state index in [-0.39, 0.29) is 5.91 Å². The average molecular weight is 426 g/mol. The van der Waals surface area contributed by atoms with Gasteiger partial charge < -0.3 is 9.88 Å². The Morgan fingerprint density at radius 1 is 1.03 bits per heavy atom. The van der Waals surface area contributed by atoms with Gasteiger partial charge >= 0.3 is 0 Å². The molecule has 32 heavy (non-hydrogen) atoms. The smallest absolute Gasteiger partial charge is 0.271 e. The average Bonchev–Trinajstić information content (AvgIpc) is 3.57. The second-order valence-electron chi connectivity index (χ2n) is 7.48. The molecule has 5 aromatic rings. The normalized spacial score (nSPS) is 11.2. The lowest BCUT2D eigenvalue weighted by Crippen LogP contribution is -2.25. The van der Waals surface area contributed by atoms with Gasteiger partial charge in [0.2, 0.25) is 0 Å². The third kappa shape index (κ3) is 4.00. The number of aryl methyl sites for hydroxylation is 2. The Bertz CT molecular complexity index is 1350. The summed E-state index contributed by atoms with van der Waals surface area (Å²) in [6, 6.07) is 15.5. The number of carbonyl (C=O) groups excluding carboxylic acids is 1. The van der Waals surface area contributed by atoms with Gasteiger partial charge in [0.15, 0.2) is 11.3 Å². The van der Waals surface area contributed by atoms with E-state index >= 15 is 0 Å². The number of amides is 1. The number of aromatic nitrogens is 7. The molecule has 160 valence electrons.